The van der Waals surface area contributed by atoms with Gasteiger partial charge in [0.1, 0.15) is 5.82 Å². The fraction of sp³-hybridized carbons (Fsp3) is 0.500. The molecule has 0 aromatic carbocycles. The summed E-state index contributed by atoms with van der Waals surface area (Å²) in [6.07, 6.45) is 17.2. The number of ether oxygens (including phenoxy) is 1. The first-order valence-corrected chi connectivity index (χ1v) is 14.5. The molecule has 2 fully saturated rings. The molecule has 1 saturated carbocycles. The average Bonchev–Trinajstić information content (AvgIpc) is 3.38. The minimum Gasteiger partial charge on any atom is -0.383 e. The van der Waals surface area contributed by atoms with Gasteiger partial charge in [0.25, 0.3) is 11.8 Å². The number of hydrogen-bond acceptors (Lipinski definition) is 5. The predicted octanol–water partition coefficient (Wildman–Crippen LogP) is 6.06. The molecule has 0 bridgehead atoms. The van der Waals surface area contributed by atoms with Crippen LogP contribution in [-0.2, 0) is 9.53 Å². The second-order valence-electron chi connectivity index (χ2n) is 10.3. The van der Waals surface area contributed by atoms with E-state index in [0.717, 1.165) is 29.0 Å². The van der Waals surface area contributed by atoms with Crippen LogP contribution in [0.5, 0.6) is 0 Å². The number of nitrogens with zero attached hydrogens (tertiary/aromatic N) is 4. The first-order chi connectivity index (χ1) is 19.3. The van der Waals surface area contributed by atoms with Gasteiger partial charge in [-0.15, -0.1) is 10.2 Å². The van der Waals surface area contributed by atoms with Crippen LogP contribution in [0.1, 0.15) is 89.6 Å². The molecule has 1 aromatic rings. The number of fused-ring (bicyclic) bond motifs is 3. The van der Waals surface area contributed by atoms with Gasteiger partial charge in [0.15, 0.2) is 0 Å². The van der Waals surface area contributed by atoms with Crippen molar-refractivity contribution in [3.05, 3.63) is 76.6 Å². The number of methoxy groups -OCH3 is 1. The molecule has 8 nitrogen and oxygen atoms in total. The Kier molecular flexibility index (Phi) is 11.0. The Morgan fingerprint density at radius 2 is 1.88 bits per heavy atom. The van der Waals surface area contributed by atoms with Gasteiger partial charge in [-0.25, -0.2) is 0 Å². The SMILES string of the molecule is C1CCC1.C=C1CC(COC)N(C(=O)C2=C(C)C=C3C(C=C2)NC(=O)c2nnc(C)n23)/C1=C/C=C(\C)CC.CC. The van der Waals surface area contributed by atoms with Crippen molar-refractivity contribution in [2.75, 3.05) is 13.7 Å². The normalized spacial score (nSPS) is 22.7. The standard InChI is InChI=1S/C26H31N5O3.C4H8.C2H6/c1-7-15(2)8-11-22-17(4)12-19(14-34-6)31(22)26(33)20-9-10-21-23(13-16(20)3)30-18(5)28-29-24(30)25(32)27-21;1-2-4-3-1;1-2/h8-11,13,19,21H,4,7,12,14H2,1-3,5-6H3,(H,27,32);1-4H2;1-2H3/b15-8+,22-11+;;. The second kappa shape index (κ2) is 14.2. The molecule has 5 rings (SSSR count). The van der Waals surface area contributed by atoms with E-state index < -0.39 is 0 Å². The zero-order chi connectivity index (χ0) is 29.4. The number of rotatable bonds is 5. The van der Waals surface area contributed by atoms with Gasteiger partial charge in [-0.2, -0.15) is 0 Å². The molecule has 1 N–H and O–H groups in total. The number of hydrogen-bond donors (Lipinski definition) is 1. The van der Waals surface area contributed by atoms with Crippen molar-refractivity contribution in [3.8, 4) is 0 Å². The summed E-state index contributed by atoms with van der Waals surface area (Å²) in [5.41, 5.74) is 5.11. The summed E-state index contributed by atoms with van der Waals surface area (Å²) in [4.78, 5) is 28.3. The number of aromatic nitrogens is 3. The third-order valence-corrected chi connectivity index (χ3v) is 7.50. The minimum atomic E-state index is -0.386. The van der Waals surface area contributed by atoms with Gasteiger partial charge >= 0.3 is 0 Å². The van der Waals surface area contributed by atoms with Gasteiger partial charge in [-0.05, 0) is 56.9 Å². The highest BCUT2D eigenvalue weighted by Gasteiger charge is 2.38. The van der Waals surface area contributed by atoms with E-state index in [0.29, 0.717) is 24.4 Å². The van der Waals surface area contributed by atoms with E-state index in [-0.39, 0.29) is 29.7 Å². The molecule has 2 aliphatic heterocycles. The lowest BCUT2D eigenvalue weighted by atomic mass is 10.0. The monoisotopic (exact) mass is 547 g/mol. The molecule has 2 aliphatic carbocycles. The Bertz CT molecular complexity index is 1270. The van der Waals surface area contributed by atoms with Gasteiger partial charge in [-0.3, -0.25) is 14.2 Å². The summed E-state index contributed by atoms with van der Waals surface area (Å²) in [5.74, 6) is 0.455. The Morgan fingerprint density at radius 1 is 1.20 bits per heavy atom. The highest BCUT2D eigenvalue weighted by Crippen LogP contribution is 2.35. The molecule has 1 aromatic heterocycles. The number of nitrogens with one attached hydrogen (secondary N) is 1. The number of carbonyl (C=O) groups excluding carboxylic acids is 2. The fourth-order valence-corrected chi connectivity index (χ4v) is 4.77. The van der Waals surface area contributed by atoms with Gasteiger partial charge < -0.3 is 15.0 Å². The highest BCUT2D eigenvalue weighted by molar-refractivity contribution is 6.01. The van der Waals surface area contributed by atoms with Crippen LogP contribution in [0.15, 0.2) is 64.9 Å². The third kappa shape index (κ3) is 6.61. The van der Waals surface area contributed by atoms with Gasteiger partial charge in [0.05, 0.1) is 24.4 Å². The fourth-order valence-electron chi connectivity index (χ4n) is 4.77. The summed E-state index contributed by atoms with van der Waals surface area (Å²) < 4.78 is 7.18. The smallest absolute Gasteiger partial charge is 0.290 e. The van der Waals surface area contributed by atoms with Crippen LogP contribution in [0.25, 0.3) is 5.70 Å². The van der Waals surface area contributed by atoms with Crippen molar-refractivity contribution in [2.24, 2.45) is 0 Å². The van der Waals surface area contributed by atoms with E-state index in [1.807, 2.05) is 45.1 Å². The molecule has 2 amide bonds. The maximum atomic E-state index is 14.0. The highest BCUT2D eigenvalue weighted by atomic mass is 16.5. The minimum absolute atomic E-state index is 0.120. The van der Waals surface area contributed by atoms with Crippen LogP contribution in [-0.4, -0.2) is 57.3 Å². The number of carbonyl (C=O) groups is 2. The maximum absolute atomic E-state index is 14.0. The maximum Gasteiger partial charge on any atom is 0.290 e. The Morgan fingerprint density at radius 3 is 2.48 bits per heavy atom. The second-order valence-corrected chi connectivity index (χ2v) is 10.3. The van der Waals surface area contributed by atoms with Crippen molar-refractivity contribution in [1.82, 2.24) is 25.0 Å². The molecule has 40 heavy (non-hydrogen) atoms. The molecule has 0 radical (unpaired) electrons. The number of likely N-dealkylation sites (tertiary alicyclic amines) is 1. The molecular weight excluding hydrogens is 502 g/mol. The zero-order valence-corrected chi connectivity index (χ0v) is 25.2. The van der Waals surface area contributed by atoms with E-state index in [9.17, 15) is 9.59 Å². The van der Waals surface area contributed by atoms with Crippen molar-refractivity contribution in [2.45, 2.75) is 92.2 Å². The summed E-state index contributed by atoms with van der Waals surface area (Å²) >= 11 is 0. The Hall–Kier alpha value is -3.52. The summed E-state index contributed by atoms with van der Waals surface area (Å²) in [6, 6.07) is -0.520. The quantitative estimate of drug-likeness (QED) is 0.484. The number of aryl methyl sites for hydroxylation is 1. The zero-order valence-electron chi connectivity index (χ0n) is 25.2. The third-order valence-electron chi connectivity index (χ3n) is 7.50. The van der Waals surface area contributed by atoms with Crippen LogP contribution in [0.2, 0.25) is 0 Å². The van der Waals surface area contributed by atoms with E-state index in [4.69, 9.17) is 4.74 Å². The molecule has 3 heterocycles. The lowest BCUT2D eigenvalue weighted by molar-refractivity contribution is -0.126. The summed E-state index contributed by atoms with van der Waals surface area (Å²) in [6.45, 7) is 16.5. The van der Waals surface area contributed by atoms with E-state index >= 15 is 0 Å². The predicted molar refractivity (Wildman–Crippen MR) is 160 cm³/mol. The van der Waals surface area contributed by atoms with Gasteiger partial charge in [-0.1, -0.05) is 76.8 Å². The van der Waals surface area contributed by atoms with Gasteiger partial charge in [0.2, 0.25) is 5.82 Å². The van der Waals surface area contributed by atoms with Crippen molar-refractivity contribution in [1.29, 1.82) is 0 Å². The van der Waals surface area contributed by atoms with E-state index in [1.54, 1.807) is 29.6 Å². The molecule has 1 saturated heterocycles. The topological polar surface area (TPSA) is 89.3 Å². The molecule has 0 spiro atoms. The molecule has 2 unspecified atom stereocenters. The molecule has 8 heteroatoms. The van der Waals surface area contributed by atoms with Crippen LogP contribution in [0, 0.1) is 6.92 Å². The van der Waals surface area contributed by atoms with Crippen molar-refractivity contribution >= 4 is 17.5 Å². The van der Waals surface area contributed by atoms with Crippen LogP contribution < -0.4 is 5.32 Å². The van der Waals surface area contributed by atoms with Crippen LogP contribution in [0.3, 0.4) is 0 Å². The van der Waals surface area contributed by atoms with E-state index in [1.165, 1.54) is 31.3 Å². The Labute approximate surface area is 239 Å². The summed E-state index contributed by atoms with van der Waals surface area (Å²) in [7, 11) is 1.64. The first-order valence-electron chi connectivity index (χ1n) is 14.5. The number of amides is 2. The molecule has 2 atom stereocenters. The van der Waals surface area contributed by atoms with Crippen molar-refractivity contribution < 1.29 is 14.3 Å². The summed E-state index contributed by atoms with van der Waals surface area (Å²) in [5, 5.41) is 11.0. The molecule has 216 valence electrons. The van der Waals surface area contributed by atoms with Crippen LogP contribution >= 0.6 is 0 Å². The first kappa shape index (κ1) is 31.0. The largest absolute Gasteiger partial charge is 0.383 e. The lowest BCUT2D eigenvalue weighted by Crippen LogP contribution is -2.42. The molecule has 4 aliphatic rings. The Balaban J connectivity index is 0.000000662. The lowest BCUT2D eigenvalue weighted by Gasteiger charge is -2.26. The van der Waals surface area contributed by atoms with E-state index in [2.05, 4.69) is 35.9 Å². The van der Waals surface area contributed by atoms with Crippen molar-refractivity contribution in [3.63, 3.8) is 0 Å². The molecular formula is C32H45N5O3. The number of allylic oxidation sites excluding steroid dienone is 6. The van der Waals surface area contributed by atoms with Gasteiger partial charge in [0, 0.05) is 18.4 Å². The van der Waals surface area contributed by atoms with Crippen LogP contribution in [0.4, 0.5) is 0 Å². The average molecular weight is 548 g/mol.